The molecule has 2 fully saturated rings. The van der Waals surface area contributed by atoms with Gasteiger partial charge < -0.3 is 9.32 Å². The predicted molar refractivity (Wildman–Crippen MR) is 115 cm³/mol. The van der Waals surface area contributed by atoms with Gasteiger partial charge >= 0.3 is 0 Å². The van der Waals surface area contributed by atoms with Gasteiger partial charge in [0.15, 0.2) is 5.76 Å². The molecule has 0 saturated carbocycles. The van der Waals surface area contributed by atoms with Crippen LogP contribution in [0.25, 0.3) is 0 Å². The van der Waals surface area contributed by atoms with Crippen molar-refractivity contribution in [3.05, 3.63) is 47.9 Å². The van der Waals surface area contributed by atoms with Crippen molar-refractivity contribution < 1.29 is 30.8 Å². The van der Waals surface area contributed by atoms with Crippen LogP contribution < -0.4 is 4.31 Å². The van der Waals surface area contributed by atoms with Crippen LogP contribution >= 0.6 is 0 Å². The molecule has 0 N–H and O–H groups in total. The summed E-state index contributed by atoms with van der Waals surface area (Å²) in [6.07, 6.45) is 1.40. The molecule has 32 heavy (non-hydrogen) atoms. The average Bonchev–Trinajstić information content (AvgIpc) is 3.33. The van der Waals surface area contributed by atoms with Crippen molar-refractivity contribution in [2.45, 2.75) is 18.7 Å². The van der Waals surface area contributed by atoms with Crippen LogP contribution in [-0.4, -0.2) is 69.8 Å². The lowest BCUT2D eigenvalue weighted by molar-refractivity contribution is -0.119. The van der Waals surface area contributed by atoms with Crippen molar-refractivity contribution in [1.29, 1.82) is 0 Å². The minimum Gasteiger partial charge on any atom is -0.459 e. The molecule has 0 aliphatic carbocycles. The van der Waals surface area contributed by atoms with E-state index in [0.717, 1.165) is 4.31 Å². The van der Waals surface area contributed by atoms with E-state index in [-0.39, 0.29) is 54.2 Å². The molecule has 0 unspecified atom stereocenters. The number of amides is 2. The van der Waals surface area contributed by atoms with E-state index >= 15 is 0 Å². The molecule has 2 aliphatic rings. The van der Waals surface area contributed by atoms with E-state index in [1.54, 1.807) is 26.0 Å². The monoisotopic (exact) mass is 481 g/mol. The normalized spacial score (nSPS) is 21.8. The summed E-state index contributed by atoms with van der Waals surface area (Å²) < 4.78 is 58.2. The third kappa shape index (κ3) is 3.82. The lowest BCUT2D eigenvalue weighted by Gasteiger charge is -2.33. The van der Waals surface area contributed by atoms with E-state index in [0.29, 0.717) is 5.56 Å². The minimum absolute atomic E-state index is 0.0316. The number of benzene rings is 1. The Bertz CT molecular complexity index is 1260. The zero-order valence-corrected chi connectivity index (χ0v) is 19.2. The standard InChI is InChI=1S/C20H23N3O7S2/c1-14-12-16(23-19(24)15(2)13-31(23,26)27)5-6-18(14)32(28,29)22-9-7-21(8-10-22)20(25)17-4-3-11-30-17/h3-6,11-12,15H,7-10,13H2,1-2H3/t15-/m0/s1. The Kier molecular flexibility index (Phi) is 5.63. The van der Waals surface area contributed by atoms with Crippen LogP contribution in [0.5, 0.6) is 0 Å². The summed E-state index contributed by atoms with van der Waals surface area (Å²) in [5.74, 6) is -1.54. The van der Waals surface area contributed by atoms with Crippen LogP contribution in [0, 0.1) is 12.8 Å². The van der Waals surface area contributed by atoms with Gasteiger partial charge in [0, 0.05) is 26.2 Å². The number of aryl methyl sites for hydroxylation is 1. The second-order valence-corrected chi connectivity index (χ2v) is 11.7. The van der Waals surface area contributed by atoms with Gasteiger partial charge in [-0.1, -0.05) is 6.92 Å². The number of furan rings is 1. The number of piperazine rings is 1. The number of nitrogens with zero attached hydrogens (tertiary/aromatic N) is 3. The summed E-state index contributed by atoms with van der Waals surface area (Å²) in [6.45, 7) is 3.77. The third-order valence-electron chi connectivity index (χ3n) is 5.63. The van der Waals surface area contributed by atoms with Gasteiger partial charge in [0.2, 0.25) is 26.0 Å². The van der Waals surface area contributed by atoms with Crippen molar-refractivity contribution in [1.82, 2.24) is 9.21 Å². The maximum absolute atomic E-state index is 13.2. The topological polar surface area (TPSA) is 125 Å². The largest absolute Gasteiger partial charge is 0.459 e. The highest BCUT2D eigenvalue weighted by Crippen LogP contribution is 2.31. The molecule has 2 aliphatic heterocycles. The highest BCUT2D eigenvalue weighted by Gasteiger charge is 2.42. The lowest BCUT2D eigenvalue weighted by Crippen LogP contribution is -2.50. The minimum atomic E-state index is -3.87. The molecule has 3 heterocycles. The van der Waals surface area contributed by atoms with Gasteiger partial charge in [0.25, 0.3) is 5.91 Å². The van der Waals surface area contributed by atoms with Gasteiger partial charge in [-0.3, -0.25) is 9.59 Å². The number of rotatable bonds is 4. The van der Waals surface area contributed by atoms with Gasteiger partial charge in [-0.05, 0) is 42.8 Å². The first-order valence-electron chi connectivity index (χ1n) is 10.0. The molecule has 1 aromatic carbocycles. The summed E-state index contributed by atoms with van der Waals surface area (Å²) in [5, 5.41) is 0. The molecule has 0 bridgehead atoms. The number of anilines is 1. The Hall–Kier alpha value is -2.70. The molecule has 1 atom stereocenters. The van der Waals surface area contributed by atoms with Crippen LogP contribution in [0.3, 0.4) is 0 Å². The van der Waals surface area contributed by atoms with Crippen molar-refractivity contribution in [3.63, 3.8) is 0 Å². The van der Waals surface area contributed by atoms with Crippen LogP contribution in [0.4, 0.5) is 5.69 Å². The second kappa shape index (κ2) is 8.01. The molecule has 2 saturated heterocycles. The molecule has 10 nitrogen and oxygen atoms in total. The highest BCUT2D eigenvalue weighted by atomic mass is 32.2. The first kappa shape index (κ1) is 22.5. The third-order valence-corrected chi connectivity index (χ3v) is 9.56. The van der Waals surface area contributed by atoms with Crippen LogP contribution in [0.2, 0.25) is 0 Å². The van der Waals surface area contributed by atoms with E-state index in [1.807, 2.05) is 0 Å². The molecule has 2 aromatic rings. The van der Waals surface area contributed by atoms with Crippen molar-refractivity contribution >= 4 is 37.5 Å². The maximum atomic E-state index is 13.2. The SMILES string of the molecule is Cc1cc(N2C(=O)[C@@H](C)CS2(=O)=O)ccc1S(=O)(=O)N1CCN(C(=O)c2ccco2)CC1. The average molecular weight is 482 g/mol. The number of sulfonamides is 2. The molecule has 1 aromatic heterocycles. The molecule has 4 rings (SSSR count). The van der Waals surface area contributed by atoms with E-state index in [1.165, 1.54) is 33.7 Å². The van der Waals surface area contributed by atoms with Crippen LogP contribution in [0.15, 0.2) is 45.9 Å². The second-order valence-electron chi connectivity index (χ2n) is 7.91. The Balaban J connectivity index is 1.53. The summed E-state index contributed by atoms with van der Waals surface area (Å²) in [5.41, 5.74) is 0.462. The summed E-state index contributed by atoms with van der Waals surface area (Å²) in [6, 6.07) is 7.23. The quantitative estimate of drug-likeness (QED) is 0.639. The van der Waals surface area contributed by atoms with Crippen LogP contribution in [-0.2, 0) is 24.8 Å². The first-order valence-corrected chi connectivity index (χ1v) is 13.1. The number of hydrogen-bond donors (Lipinski definition) is 0. The maximum Gasteiger partial charge on any atom is 0.289 e. The van der Waals surface area contributed by atoms with Crippen molar-refractivity contribution in [2.24, 2.45) is 5.92 Å². The Labute approximate surface area is 186 Å². The van der Waals surface area contributed by atoms with Gasteiger partial charge in [-0.15, -0.1) is 0 Å². The van der Waals surface area contributed by atoms with E-state index in [2.05, 4.69) is 0 Å². The van der Waals surface area contributed by atoms with E-state index in [4.69, 9.17) is 4.42 Å². The van der Waals surface area contributed by atoms with Gasteiger partial charge in [-0.25, -0.2) is 21.1 Å². The zero-order valence-electron chi connectivity index (χ0n) is 17.6. The van der Waals surface area contributed by atoms with E-state index < -0.39 is 31.9 Å². The molecule has 12 heteroatoms. The number of carbonyl (C=O) groups excluding carboxylic acids is 2. The summed E-state index contributed by atoms with van der Waals surface area (Å²) in [7, 11) is -7.65. The van der Waals surface area contributed by atoms with Gasteiger partial charge in [0.05, 0.1) is 28.5 Å². The Morgan fingerprint density at radius 3 is 2.34 bits per heavy atom. The summed E-state index contributed by atoms with van der Waals surface area (Å²) in [4.78, 5) is 26.3. The fourth-order valence-corrected chi connectivity index (χ4v) is 7.40. The zero-order chi connectivity index (χ0) is 23.3. The highest BCUT2D eigenvalue weighted by molar-refractivity contribution is 7.94. The summed E-state index contributed by atoms with van der Waals surface area (Å²) >= 11 is 0. The van der Waals surface area contributed by atoms with Crippen molar-refractivity contribution in [2.75, 3.05) is 36.2 Å². The molecule has 0 spiro atoms. The smallest absolute Gasteiger partial charge is 0.289 e. The first-order chi connectivity index (χ1) is 15.0. The Morgan fingerprint density at radius 2 is 1.81 bits per heavy atom. The fourth-order valence-electron chi connectivity index (χ4n) is 3.96. The molecule has 0 radical (unpaired) electrons. The predicted octanol–water partition coefficient (Wildman–Crippen LogP) is 1.05. The van der Waals surface area contributed by atoms with E-state index in [9.17, 15) is 26.4 Å². The lowest BCUT2D eigenvalue weighted by atomic mass is 10.2. The molecule has 172 valence electrons. The van der Waals surface area contributed by atoms with Crippen LogP contribution in [0.1, 0.15) is 23.0 Å². The van der Waals surface area contributed by atoms with Gasteiger partial charge in [0.1, 0.15) is 0 Å². The number of carbonyl (C=O) groups is 2. The van der Waals surface area contributed by atoms with Crippen molar-refractivity contribution in [3.8, 4) is 0 Å². The Morgan fingerprint density at radius 1 is 1.12 bits per heavy atom. The molecular weight excluding hydrogens is 458 g/mol. The van der Waals surface area contributed by atoms with Gasteiger partial charge in [-0.2, -0.15) is 4.31 Å². The molecular formula is C20H23N3O7S2. The fraction of sp³-hybridized carbons (Fsp3) is 0.400. The number of hydrogen-bond acceptors (Lipinski definition) is 7. The molecule has 2 amide bonds.